The molecule has 0 atom stereocenters. The number of carboxylic acids is 1. The summed E-state index contributed by atoms with van der Waals surface area (Å²) in [6.45, 7) is -0.677. The van der Waals surface area contributed by atoms with Gasteiger partial charge in [0, 0.05) is 29.6 Å². The maximum absolute atomic E-state index is 9.61. The van der Waals surface area contributed by atoms with E-state index in [0.717, 1.165) is 0 Å². The number of amides is 1. The maximum atomic E-state index is 9.61. The Bertz CT molecular complexity index is 106. The number of hydrogen-bond donors (Lipinski definition) is 2. The molecule has 9 heavy (non-hydrogen) atoms. The third-order valence-corrected chi connectivity index (χ3v) is 0.419. The van der Waals surface area contributed by atoms with E-state index in [-0.39, 0.29) is 41.0 Å². The van der Waals surface area contributed by atoms with Gasteiger partial charge in [-0.25, -0.2) is 5.06 Å². The summed E-state index contributed by atoms with van der Waals surface area (Å²) >= 11 is 0. The van der Waals surface area contributed by atoms with Gasteiger partial charge in [-0.2, -0.15) is 0 Å². The van der Waals surface area contributed by atoms with Crippen LogP contribution in [-0.2, 0) is 9.59 Å². The first kappa shape index (κ1) is 11.7. The molecule has 0 aliphatic carbocycles. The van der Waals surface area contributed by atoms with Crippen LogP contribution in [0.2, 0.25) is 0 Å². The number of carboxylic acid groups (broad SMARTS) is 1. The minimum Gasteiger partial charge on any atom is -0.480 e. The molecular formula is C3H5NNaO4. The topological polar surface area (TPSA) is 77.8 Å². The van der Waals surface area contributed by atoms with Crippen molar-refractivity contribution in [3.8, 4) is 0 Å². The van der Waals surface area contributed by atoms with Crippen molar-refractivity contribution in [3.63, 3.8) is 0 Å². The Balaban J connectivity index is 0. The van der Waals surface area contributed by atoms with Crippen molar-refractivity contribution < 1.29 is 19.9 Å². The molecule has 0 aliphatic rings. The third-order valence-electron chi connectivity index (χ3n) is 0.419. The van der Waals surface area contributed by atoms with Crippen LogP contribution in [0, 0.1) is 0 Å². The van der Waals surface area contributed by atoms with Gasteiger partial charge in [0.25, 0.3) is 0 Å². The van der Waals surface area contributed by atoms with Gasteiger partial charge in [0.15, 0.2) is 0 Å². The van der Waals surface area contributed by atoms with Crippen LogP contribution in [0.5, 0.6) is 0 Å². The van der Waals surface area contributed by atoms with E-state index in [2.05, 4.69) is 0 Å². The first-order valence-electron chi connectivity index (χ1n) is 1.79. The molecule has 0 aromatic heterocycles. The van der Waals surface area contributed by atoms with E-state index in [0.29, 0.717) is 0 Å². The van der Waals surface area contributed by atoms with Crippen molar-refractivity contribution >= 4 is 41.9 Å². The quantitative estimate of drug-likeness (QED) is 0.218. The van der Waals surface area contributed by atoms with Gasteiger partial charge in [-0.1, -0.05) is 0 Å². The predicted molar refractivity (Wildman–Crippen MR) is 27.9 cm³/mol. The zero-order valence-corrected chi connectivity index (χ0v) is 6.94. The van der Waals surface area contributed by atoms with Crippen LogP contribution in [0.1, 0.15) is 0 Å². The molecule has 5 nitrogen and oxygen atoms in total. The zero-order chi connectivity index (χ0) is 6.57. The Labute approximate surface area is 73.5 Å². The molecule has 6 heteroatoms. The Morgan fingerprint density at radius 3 is 2.22 bits per heavy atom. The summed E-state index contributed by atoms with van der Waals surface area (Å²) in [5.74, 6) is -1.25. The summed E-state index contributed by atoms with van der Waals surface area (Å²) in [5, 5.41) is 16.0. The Kier molecular flexibility index (Phi) is 7.81. The second-order valence-electron chi connectivity index (χ2n) is 1.10. The van der Waals surface area contributed by atoms with Crippen molar-refractivity contribution in [1.29, 1.82) is 0 Å². The van der Waals surface area contributed by atoms with E-state index in [1.54, 1.807) is 0 Å². The molecular weight excluding hydrogens is 137 g/mol. The Hall–Kier alpha value is -0.100. The molecule has 0 aliphatic heterocycles. The van der Waals surface area contributed by atoms with Crippen molar-refractivity contribution in [1.82, 2.24) is 5.06 Å². The molecule has 1 amide bonds. The molecule has 0 unspecified atom stereocenters. The van der Waals surface area contributed by atoms with Gasteiger partial charge in [-0.3, -0.25) is 14.8 Å². The van der Waals surface area contributed by atoms with Crippen LogP contribution < -0.4 is 0 Å². The number of carbonyl (C=O) groups is 2. The van der Waals surface area contributed by atoms with E-state index >= 15 is 0 Å². The van der Waals surface area contributed by atoms with Gasteiger partial charge in [0.2, 0.25) is 6.41 Å². The number of hydroxylamine groups is 2. The molecule has 0 spiro atoms. The molecule has 0 rings (SSSR count). The minimum absolute atomic E-state index is 0. The summed E-state index contributed by atoms with van der Waals surface area (Å²) in [4.78, 5) is 19.1. The van der Waals surface area contributed by atoms with Crippen molar-refractivity contribution in [3.05, 3.63) is 0 Å². The van der Waals surface area contributed by atoms with E-state index in [1.165, 1.54) is 0 Å². The average Bonchev–Trinajstić information content (AvgIpc) is 1.65. The standard InChI is InChI=1S/C3H5NO4.Na/c5-2-4(8)1-3(6)7;/h2,8H,1H2,(H,6,7);. The molecule has 1 radical (unpaired) electrons. The van der Waals surface area contributed by atoms with E-state index < -0.39 is 12.5 Å². The fourth-order valence-electron chi connectivity index (χ4n) is 0.176. The van der Waals surface area contributed by atoms with E-state index in [1.807, 2.05) is 0 Å². The third kappa shape index (κ3) is 7.90. The summed E-state index contributed by atoms with van der Waals surface area (Å²) in [6, 6.07) is 0. The predicted octanol–water partition coefficient (Wildman–Crippen LogP) is -1.46. The second kappa shape index (κ2) is 6.03. The average molecular weight is 142 g/mol. The first-order chi connectivity index (χ1) is 3.66. The van der Waals surface area contributed by atoms with E-state index in [9.17, 15) is 9.59 Å². The fraction of sp³-hybridized carbons (Fsp3) is 0.333. The van der Waals surface area contributed by atoms with E-state index in [4.69, 9.17) is 10.3 Å². The molecule has 0 saturated carbocycles. The largest absolute Gasteiger partial charge is 0.480 e. The summed E-state index contributed by atoms with van der Waals surface area (Å²) in [7, 11) is 0. The molecule has 47 valence electrons. The van der Waals surface area contributed by atoms with Crippen LogP contribution in [0.3, 0.4) is 0 Å². The normalized spacial score (nSPS) is 7.22. The molecule has 0 aromatic rings. The molecule has 2 N–H and O–H groups in total. The maximum Gasteiger partial charge on any atom is 0.325 e. The Morgan fingerprint density at radius 1 is 1.67 bits per heavy atom. The SMILES string of the molecule is O=CN(O)CC(=O)O.[Na]. The van der Waals surface area contributed by atoms with Crippen LogP contribution >= 0.6 is 0 Å². The number of carbonyl (C=O) groups excluding carboxylic acids is 1. The Morgan fingerprint density at radius 2 is 2.11 bits per heavy atom. The summed E-state index contributed by atoms with van der Waals surface area (Å²) < 4.78 is 0. The molecule has 0 fully saturated rings. The van der Waals surface area contributed by atoms with Gasteiger partial charge < -0.3 is 5.11 Å². The van der Waals surface area contributed by atoms with Gasteiger partial charge in [0.1, 0.15) is 6.54 Å². The molecule has 0 aromatic carbocycles. The number of aliphatic carboxylic acids is 1. The van der Waals surface area contributed by atoms with Crippen LogP contribution in [-0.4, -0.2) is 63.9 Å². The van der Waals surface area contributed by atoms with Gasteiger partial charge in [-0.05, 0) is 0 Å². The van der Waals surface area contributed by atoms with Crippen LogP contribution in [0.15, 0.2) is 0 Å². The minimum atomic E-state index is -1.25. The number of hydrogen-bond acceptors (Lipinski definition) is 3. The second-order valence-corrected chi connectivity index (χ2v) is 1.10. The summed E-state index contributed by atoms with van der Waals surface area (Å²) in [5.41, 5.74) is 0. The number of nitrogens with zero attached hydrogens (tertiary/aromatic N) is 1. The smallest absolute Gasteiger partial charge is 0.325 e. The van der Waals surface area contributed by atoms with Gasteiger partial charge in [-0.15, -0.1) is 0 Å². The number of rotatable bonds is 3. The molecule has 0 heterocycles. The summed E-state index contributed by atoms with van der Waals surface area (Å²) in [6.07, 6.45) is 0.0219. The monoisotopic (exact) mass is 142 g/mol. The van der Waals surface area contributed by atoms with Crippen LogP contribution in [0.25, 0.3) is 0 Å². The van der Waals surface area contributed by atoms with Crippen LogP contribution in [0.4, 0.5) is 0 Å². The van der Waals surface area contributed by atoms with Crippen molar-refractivity contribution in [2.24, 2.45) is 0 Å². The molecule has 0 bridgehead atoms. The first-order valence-corrected chi connectivity index (χ1v) is 1.79. The molecule has 0 saturated heterocycles. The van der Waals surface area contributed by atoms with Crippen molar-refractivity contribution in [2.45, 2.75) is 0 Å². The zero-order valence-electron chi connectivity index (χ0n) is 4.94. The fourth-order valence-corrected chi connectivity index (χ4v) is 0.176. The van der Waals surface area contributed by atoms with Gasteiger partial charge in [0.05, 0.1) is 0 Å². The van der Waals surface area contributed by atoms with Crippen molar-refractivity contribution in [2.75, 3.05) is 6.54 Å². The van der Waals surface area contributed by atoms with Gasteiger partial charge >= 0.3 is 5.97 Å².